The third-order valence-corrected chi connectivity index (χ3v) is 4.12. The number of hydrogen-bond acceptors (Lipinski definition) is 3. The fourth-order valence-corrected chi connectivity index (χ4v) is 2.58. The summed E-state index contributed by atoms with van der Waals surface area (Å²) in [4.78, 5) is 2.02. The zero-order valence-electron chi connectivity index (χ0n) is 14.5. The molecule has 3 nitrogen and oxygen atoms in total. The van der Waals surface area contributed by atoms with Gasteiger partial charge in [-0.15, -0.1) is 0 Å². The summed E-state index contributed by atoms with van der Waals surface area (Å²) in [5, 5.41) is 19.0. The molecule has 2 rings (SSSR count). The van der Waals surface area contributed by atoms with Crippen molar-refractivity contribution >= 4 is 17.8 Å². The molecular weight excluding hydrogens is 298 g/mol. The van der Waals surface area contributed by atoms with Gasteiger partial charge in [0.2, 0.25) is 0 Å². The first kappa shape index (κ1) is 18.2. The van der Waals surface area contributed by atoms with Crippen molar-refractivity contribution in [3.63, 3.8) is 0 Å². The minimum atomic E-state index is -0.364. The monoisotopic (exact) mass is 325 g/mol. The van der Waals surface area contributed by atoms with Crippen LogP contribution < -0.4 is 4.90 Å². The molecule has 0 aromatic heterocycles. The van der Waals surface area contributed by atoms with Crippen LogP contribution in [0.25, 0.3) is 12.2 Å². The van der Waals surface area contributed by atoms with Gasteiger partial charge in [-0.1, -0.05) is 61.9 Å². The van der Waals surface area contributed by atoms with Crippen LogP contribution in [0.3, 0.4) is 0 Å². The summed E-state index contributed by atoms with van der Waals surface area (Å²) in [6.07, 6.45) is 5.56. The van der Waals surface area contributed by atoms with E-state index >= 15 is 0 Å². The molecule has 24 heavy (non-hydrogen) atoms. The maximum absolute atomic E-state index is 9.99. The topological polar surface area (TPSA) is 43.7 Å². The number of benzene rings is 2. The normalized spacial score (nSPS) is 12.5. The number of aliphatic hydroxyl groups is 2. The van der Waals surface area contributed by atoms with E-state index in [0.717, 1.165) is 35.2 Å². The molecule has 0 aliphatic rings. The van der Waals surface area contributed by atoms with Crippen molar-refractivity contribution in [3.05, 3.63) is 65.2 Å². The average Bonchev–Trinajstić information content (AvgIpc) is 2.61. The highest BCUT2D eigenvalue weighted by Crippen LogP contribution is 2.20. The van der Waals surface area contributed by atoms with E-state index in [2.05, 4.69) is 43.3 Å². The van der Waals surface area contributed by atoms with Gasteiger partial charge in [0.05, 0.1) is 12.7 Å². The van der Waals surface area contributed by atoms with E-state index in [0.29, 0.717) is 6.54 Å². The zero-order valence-corrected chi connectivity index (χ0v) is 14.5. The first-order valence-corrected chi connectivity index (χ1v) is 8.52. The number of rotatable bonds is 8. The second-order valence-corrected chi connectivity index (χ2v) is 6.04. The highest BCUT2D eigenvalue weighted by Gasteiger charge is 2.05. The molecule has 0 bridgehead atoms. The molecule has 0 aliphatic heterocycles. The van der Waals surface area contributed by atoms with Gasteiger partial charge in [0.15, 0.2) is 0 Å². The minimum absolute atomic E-state index is 0.154. The molecule has 0 amide bonds. The van der Waals surface area contributed by atoms with Gasteiger partial charge in [0.25, 0.3) is 0 Å². The summed E-state index contributed by atoms with van der Waals surface area (Å²) in [6, 6.07) is 16.3. The van der Waals surface area contributed by atoms with Gasteiger partial charge in [-0.3, -0.25) is 0 Å². The molecule has 3 heteroatoms. The SMILES string of the molecule is CCCC(O)c1ccc(C=Cc2ccc(N(C)CCO)cc2)cc1. The maximum Gasteiger partial charge on any atom is 0.0790 e. The molecule has 0 saturated heterocycles. The van der Waals surface area contributed by atoms with E-state index in [1.54, 1.807) is 0 Å². The fraction of sp³-hybridized carbons (Fsp3) is 0.333. The highest BCUT2D eigenvalue weighted by atomic mass is 16.3. The Morgan fingerprint density at radius 1 is 0.958 bits per heavy atom. The third kappa shape index (κ3) is 5.22. The van der Waals surface area contributed by atoms with Crippen LogP contribution >= 0.6 is 0 Å². The number of likely N-dealkylation sites (N-methyl/N-ethyl adjacent to an activating group) is 1. The first-order valence-electron chi connectivity index (χ1n) is 8.52. The summed E-state index contributed by atoms with van der Waals surface area (Å²) in [7, 11) is 1.97. The summed E-state index contributed by atoms with van der Waals surface area (Å²) < 4.78 is 0. The number of nitrogens with zero attached hydrogens (tertiary/aromatic N) is 1. The van der Waals surface area contributed by atoms with E-state index in [-0.39, 0.29) is 12.7 Å². The zero-order chi connectivity index (χ0) is 17.4. The van der Waals surface area contributed by atoms with Crippen LogP contribution in [0.2, 0.25) is 0 Å². The Labute approximate surface area is 144 Å². The van der Waals surface area contributed by atoms with E-state index in [9.17, 15) is 5.11 Å². The van der Waals surface area contributed by atoms with E-state index in [1.165, 1.54) is 0 Å². The van der Waals surface area contributed by atoms with Crippen molar-refractivity contribution in [2.45, 2.75) is 25.9 Å². The molecule has 2 aromatic rings. The molecule has 0 fully saturated rings. The van der Waals surface area contributed by atoms with E-state index in [1.807, 2.05) is 36.2 Å². The van der Waals surface area contributed by atoms with Crippen LogP contribution in [0.5, 0.6) is 0 Å². The molecule has 2 N–H and O–H groups in total. The summed E-state index contributed by atoms with van der Waals surface area (Å²) in [5.41, 5.74) is 4.32. The number of aliphatic hydroxyl groups excluding tert-OH is 2. The number of hydrogen-bond donors (Lipinski definition) is 2. The lowest BCUT2D eigenvalue weighted by Crippen LogP contribution is -2.20. The van der Waals surface area contributed by atoms with Crippen molar-refractivity contribution in [2.24, 2.45) is 0 Å². The average molecular weight is 325 g/mol. The second kappa shape index (κ2) is 9.26. The molecule has 1 unspecified atom stereocenters. The Balaban J connectivity index is 2.00. The maximum atomic E-state index is 9.99. The highest BCUT2D eigenvalue weighted by molar-refractivity contribution is 5.70. The van der Waals surface area contributed by atoms with Crippen LogP contribution in [0.4, 0.5) is 5.69 Å². The lowest BCUT2D eigenvalue weighted by molar-refractivity contribution is 0.166. The molecule has 0 spiro atoms. The summed E-state index contributed by atoms with van der Waals surface area (Å²) in [6.45, 7) is 2.86. The predicted molar refractivity (Wildman–Crippen MR) is 102 cm³/mol. The molecule has 2 aromatic carbocycles. The quantitative estimate of drug-likeness (QED) is 0.718. The number of anilines is 1. The van der Waals surface area contributed by atoms with Crippen molar-refractivity contribution in [3.8, 4) is 0 Å². The second-order valence-electron chi connectivity index (χ2n) is 6.04. The minimum Gasteiger partial charge on any atom is -0.395 e. The molecule has 0 heterocycles. The molecule has 1 atom stereocenters. The van der Waals surface area contributed by atoms with Gasteiger partial charge >= 0.3 is 0 Å². The van der Waals surface area contributed by atoms with Crippen LogP contribution in [-0.4, -0.2) is 30.4 Å². The Hall–Kier alpha value is -2.10. The Kier molecular flexibility index (Phi) is 7.04. The third-order valence-electron chi connectivity index (χ3n) is 4.12. The summed E-state index contributed by atoms with van der Waals surface area (Å²) >= 11 is 0. The van der Waals surface area contributed by atoms with Crippen LogP contribution in [-0.2, 0) is 0 Å². The van der Waals surface area contributed by atoms with E-state index in [4.69, 9.17) is 5.11 Å². The molecule has 0 saturated carbocycles. The van der Waals surface area contributed by atoms with Gasteiger partial charge in [0.1, 0.15) is 0 Å². The van der Waals surface area contributed by atoms with Crippen LogP contribution in [0.1, 0.15) is 42.6 Å². The first-order chi connectivity index (χ1) is 11.6. The van der Waals surface area contributed by atoms with Crippen LogP contribution in [0.15, 0.2) is 48.5 Å². The molecule has 128 valence electrons. The predicted octanol–water partition coefficient (Wildman–Crippen LogP) is 4.12. The van der Waals surface area contributed by atoms with Gasteiger partial charge in [0, 0.05) is 19.3 Å². The van der Waals surface area contributed by atoms with Gasteiger partial charge in [-0.05, 0) is 35.2 Å². The smallest absolute Gasteiger partial charge is 0.0790 e. The van der Waals surface area contributed by atoms with Crippen molar-refractivity contribution < 1.29 is 10.2 Å². The fourth-order valence-electron chi connectivity index (χ4n) is 2.58. The van der Waals surface area contributed by atoms with Gasteiger partial charge in [-0.25, -0.2) is 0 Å². The van der Waals surface area contributed by atoms with Crippen molar-refractivity contribution in [1.29, 1.82) is 0 Å². The van der Waals surface area contributed by atoms with Gasteiger partial charge < -0.3 is 15.1 Å². The Morgan fingerprint density at radius 3 is 2.00 bits per heavy atom. The Bertz CT molecular complexity index is 574. The molecule has 0 radical (unpaired) electrons. The summed E-state index contributed by atoms with van der Waals surface area (Å²) in [5.74, 6) is 0. The Morgan fingerprint density at radius 2 is 1.50 bits per heavy atom. The largest absolute Gasteiger partial charge is 0.395 e. The van der Waals surface area contributed by atoms with Crippen molar-refractivity contribution in [2.75, 3.05) is 25.1 Å². The molecule has 0 aliphatic carbocycles. The van der Waals surface area contributed by atoms with E-state index < -0.39 is 0 Å². The standard InChI is InChI=1S/C21H27NO2/c1-3-4-21(24)19-11-7-17(8-12-19)5-6-18-9-13-20(14-10-18)22(2)15-16-23/h5-14,21,23-24H,3-4,15-16H2,1-2H3. The molecular formula is C21H27NO2. The van der Waals surface area contributed by atoms with Crippen LogP contribution in [0, 0.1) is 0 Å². The van der Waals surface area contributed by atoms with Crippen molar-refractivity contribution in [1.82, 2.24) is 0 Å². The lowest BCUT2D eigenvalue weighted by atomic mass is 10.0. The lowest BCUT2D eigenvalue weighted by Gasteiger charge is -2.17. The van der Waals surface area contributed by atoms with Gasteiger partial charge in [-0.2, -0.15) is 0 Å².